The lowest BCUT2D eigenvalue weighted by molar-refractivity contribution is -0.127. The molecule has 1 atom stereocenters. The Kier molecular flexibility index (Phi) is 4.42. The van der Waals surface area contributed by atoms with E-state index >= 15 is 0 Å². The molecule has 1 heterocycles. The Morgan fingerprint density at radius 3 is 3.00 bits per heavy atom. The molecule has 0 fully saturated rings. The highest BCUT2D eigenvalue weighted by molar-refractivity contribution is 5.84. The monoisotopic (exact) mass is 211 g/mol. The van der Waals surface area contributed by atoms with Crippen LogP contribution in [0.2, 0.25) is 0 Å². The van der Waals surface area contributed by atoms with Crippen LogP contribution in [0.25, 0.3) is 0 Å². The van der Waals surface area contributed by atoms with Crippen molar-refractivity contribution in [2.24, 2.45) is 0 Å². The largest absolute Gasteiger partial charge is 0.374 e. The molecule has 0 bridgehead atoms. The lowest BCUT2D eigenvalue weighted by Crippen LogP contribution is -2.23. The first kappa shape index (κ1) is 11.8. The van der Waals surface area contributed by atoms with Crippen molar-refractivity contribution in [2.45, 2.75) is 39.3 Å². The van der Waals surface area contributed by atoms with Crippen molar-refractivity contribution < 1.29 is 9.53 Å². The normalized spacial score (nSPS) is 12.7. The number of aryl methyl sites for hydroxylation is 1. The van der Waals surface area contributed by atoms with Gasteiger partial charge in [-0.25, -0.2) is 9.67 Å². The summed E-state index contributed by atoms with van der Waals surface area (Å²) in [6, 6.07) is 0. The van der Waals surface area contributed by atoms with Crippen LogP contribution in [0.3, 0.4) is 0 Å². The Bertz CT molecular complexity index is 322. The second-order valence-electron chi connectivity index (χ2n) is 3.42. The summed E-state index contributed by atoms with van der Waals surface area (Å²) in [5.41, 5.74) is 0. The molecule has 84 valence electrons. The van der Waals surface area contributed by atoms with Crippen LogP contribution in [0.1, 0.15) is 26.1 Å². The Balaban J connectivity index is 2.63. The van der Waals surface area contributed by atoms with Gasteiger partial charge in [0.1, 0.15) is 18.3 Å². The number of carbonyl (C=O) groups is 1. The fourth-order valence-corrected chi connectivity index (χ4v) is 1.25. The highest BCUT2D eigenvalue weighted by Crippen LogP contribution is 2.01. The van der Waals surface area contributed by atoms with Crippen LogP contribution in [0.4, 0.5) is 0 Å². The summed E-state index contributed by atoms with van der Waals surface area (Å²) in [5, 5.41) is 4.06. The van der Waals surface area contributed by atoms with E-state index in [-0.39, 0.29) is 18.3 Å². The molecular weight excluding hydrogens is 194 g/mol. The second kappa shape index (κ2) is 5.60. The van der Waals surface area contributed by atoms with Crippen LogP contribution in [0, 0.1) is 0 Å². The SMILES string of the molecule is CCCn1ncnc1CC(=O)C(C)OC. The summed E-state index contributed by atoms with van der Waals surface area (Å²) in [4.78, 5) is 15.7. The first-order valence-electron chi connectivity index (χ1n) is 5.11. The second-order valence-corrected chi connectivity index (χ2v) is 3.42. The van der Waals surface area contributed by atoms with Crippen LogP contribution in [0.15, 0.2) is 6.33 Å². The highest BCUT2D eigenvalue weighted by Gasteiger charge is 2.15. The maximum absolute atomic E-state index is 11.6. The van der Waals surface area contributed by atoms with E-state index in [0.717, 1.165) is 13.0 Å². The maximum Gasteiger partial charge on any atom is 0.168 e. The molecule has 0 aliphatic carbocycles. The van der Waals surface area contributed by atoms with Crippen molar-refractivity contribution in [3.63, 3.8) is 0 Å². The lowest BCUT2D eigenvalue weighted by Gasteiger charge is -2.08. The molecule has 1 unspecified atom stereocenters. The van der Waals surface area contributed by atoms with Gasteiger partial charge in [-0.05, 0) is 13.3 Å². The molecule has 0 N–H and O–H groups in total. The van der Waals surface area contributed by atoms with Gasteiger partial charge in [-0.3, -0.25) is 4.79 Å². The number of hydrogen-bond donors (Lipinski definition) is 0. The molecule has 15 heavy (non-hydrogen) atoms. The smallest absolute Gasteiger partial charge is 0.168 e. The molecule has 5 nitrogen and oxygen atoms in total. The molecule has 0 aliphatic heterocycles. The van der Waals surface area contributed by atoms with E-state index in [1.165, 1.54) is 13.4 Å². The number of ketones is 1. The average Bonchev–Trinajstić information content (AvgIpc) is 2.65. The lowest BCUT2D eigenvalue weighted by atomic mass is 10.2. The number of Topliss-reactive ketones (excluding diaryl/α,β-unsaturated/α-hetero) is 1. The van der Waals surface area contributed by atoms with Gasteiger partial charge >= 0.3 is 0 Å². The zero-order valence-electron chi connectivity index (χ0n) is 9.43. The molecule has 1 aromatic heterocycles. The molecule has 5 heteroatoms. The van der Waals surface area contributed by atoms with Crippen LogP contribution in [-0.2, 0) is 22.5 Å². The van der Waals surface area contributed by atoms with E-state index in [4.69, 9.17) is 4.74 Å². The van der Waals surface area contributed by atoms with E-state index in [2.05, 4.69) is 17.0 Å². The van der Waals surface area contributed by atoms with Crippen molar-refractivity contribution in [2.75, 3.05) is 7.11 Å². The molecule has 0 saturated heterocycles. The molecule has 1 aromatic rings. The van der Waals surface area contributed by atoms with Gasteiger partial charge in [0, 0.05) is 13.7 Å². The fourth-order valence-electron chi connectivity index (χ4n) is 1.25. The van der Waals surface area contributed by atoms with Gasteiger partial charge in [-0.2, -0.15) is 5.10 Å². The zero-order valence-corrected chi connectivity index (χ0v) is 9.43. The summed E-state index contributed by atoms with van der Waals surface area (Å²) >= 11 is 0. The van der Waals surface area contributed by atoms with Gasteiger partial charge < -0.3 is 4.74 Å². The highest BCUT2D eigenvalue weighted by atomic mass is 16.5. The predicted octanol–water partition coefficient (Wildman–Crippen LogP) is 0.835. The van der Waals surface area contributed by atoms with E-state index < -0.39 is 0 Å². The molecule has 0 spiro atoms. The van der Waals surface area contributed by atoms with Crippen LogP contribution in [-0.4, -0.2) is 33.8 Å². The number of carbonyl (C=O) groups excluding carboxylic acids is 1. The van der Waals surface area contributed by atoms with E-state index in [9.17, 15) is 4.79 Å². The summed E-state index contributed by atoms with van der Waals surface area (Å²) in [6.07, 6.45) is 2.37. The Labute approximate surface area is 89.5 Å². The van der Waals surface area contributed by atoms with Crippen molar-refractivity contribution in [3.05, 3.63) is 12.2 Å². The van der Waals surface area contributed by atoms with Crippen molar-refractivity contribution in [1.29, 1.82) is 0 Å². The summed E-state index contributed by atoms with van der Waals surface area (Å²) in [7, 11) is 1.53. The van der Waals surface area contributed by atoms with Crippen LogP contribution < -0.4 is 0 Å². The Morgan fingerprint density at radius 2 is 2.40 bits per heavy atom. The molecular formula is C10H17N3O2. The first-order valence-corrected chi connectivity index (χ1v) is 5.11. The van der Waals surface area contributed by atoms with Gasteiger partial charge in [0.15, 0.2) is 5.78 Å². The minimum absolute atomic E-state index is 0.0304. The van der Waals surface area contributed by atoms with Gasteiger partial charge in [-0.15, -0.1) is 0 Å². The molecule has 1 rings (SSSR count). The molecule has 0 saturated carbocycles. The third kappa shape index (κ3) is 3.13. The zero-order chi connectivity index (χ0) is 11.3. The standard InChI is InChI=1S/C10H17N3O2/c1-4-5-13-10(11-7-12-13)6-9(14)8(2)15-3/h7-8H,4-6H2,1-3H3. The number of ether oxygens (including phenoxy) is 1. The van der Waals surface area contributed by atoms with Gasteiger partial charge in [0.25, 0.3) is 0 Å². The van der Waals surface area contributed by atoms with Crippen LogP contribution >= 0.6 is 0 Å². The van der Waals surface area contributed by atoms with E-state index in [1.54, 1.807) is 11.6 Å². The summed E-state index contributed by atoms with van der Waals surface area (Å²) in [5.74, 6) is 0.744. The van der Waals surface area contributed by atoms with Gasteiger partial charge in [0.05, 0.1) is 6.42 Å². The van der Waals surface area contributed by atoms with Crippen LogP contribution in [0.5, 0.6) is 0 Å². The predicted molar refractivity (Wildman–Crippen MR) is 55.5 cm³/mol. The fraction of sp³-hybridized carbons (Fsp3) is 0.700. The third-order valence-corrected chi connectivity index (χ3v) is 2.27. The maximum atomic E-state index is 11.6. The van der Waals surface area contributed by atoms with Gasteiger partial charge in [0.2, 0.25) is 0 Å². The Morgan fingerprint density at radius 1 is 1.67 bits per heavy atom. The minimum Gasteiger partial charge on any atom is -0.374 e. The van der Waals surface area contributed by atoms with E-state index in [1.807, 2.05) is 0 Å². The number of rotatable bonds is 6. The number of nitrogens with zero attached hydrogens (tertiary/aromatic N) is 3. The molecule has 0 radical (unpaired) electrons. The first-order chi connectivity index (χ1) is 7.19. The molecule has 0 aromatic carbocycles. The molecule has 0 aliphatic rings. The van der Waals surface area contributed by atoms with E-state index in [0.29, 0.717) is 5.82 Å². The summed E-state index contributed by atoms with van der Waals surface area (Å²) in [6.45, 7) is 4.60. The number of aromatic nitrogens is 3. The quantitative estimate of drug-likeness (QED) is 0.699. The number of hydrogen-bond acceptors (Lipinski definition) is 4. The minimum atomic E-state index is -0.378. The third-order valence-electron chi connectivity index (χ3n) is 2.27. The number of methoxy groups -OCH3 is 1. The molecule has 0 amide bonds. The summed E-state index contributed by atoms with van der Waals surface area (Å²) < 4.78 is 6.72. The topological polar surface area (TPSA) is 57.0 Å². The van der Waals surface area contributed by atoms with Gasteiger partial charge in [-0.1, -0.05) is 6.92 Å². The Hall–Kier alpha value is -1.23. The van der Waals surface area contributed by atoms with Crippen molar-refractivity contribution in [1.82, 2.24) is 14.8 Å². The average molecular weight is 211 g/mol. The van der Waals surface area contributed by atoms with Crippen molar-refractivity contribution in [3.8, 4) is 0 Å². The van der Waals surface area contributed by atoms with Crippen molar-refractivity contribution >= 4 is 5.78 Å².